The summed E-state index contributed by atoms with van der Waals surface area (Å²) >= 11 is 13.9. The lowest BCUT2D eigenvalue weighted by Crippen LogP contribution is -2.06. The zero-order chi connectivity index (χ0) is 11.7. The van der Waals surface area contributed by atoms with Gasteiger partial charge in [-0.05, 0) is 24.6 Å². The topological polar surface area (TPSA) is 24.4 Å². The van der Waals surface area contributed by atoms with Crippen LogP contribution < -0.4 is 5.32 Å². The number of thioether (sulfide) groups is 1. The molecular formula is C11H12Cl2N2S. The highest BCUT2D eigenvalue weighted by Gasteiger charge is 2.16. The molecule has 16 heavy (non-hydrogen) atoms. The fourth-order valence-corrected chi connectivity index (χ4v) is 2.68. The smallest absolute Gasteiger partial charge is 0.161 e. The van der Waals surface area contributed by atoms with Crippen LogP contribution in [0.4, 0.5) is 5.69 Å². The molecule has 1 N–H and O–H groups in total. The van der Waals surface area contributed by atoms with E-state index in [9.17, 15) is 0 Å². The number of aryl methyl sites for hydroxylation is 1. The predicted octanol–water partition coefficient (Wildman–Crippen LogP) is 4.21. The minimum absolute atomic E-state index is 0.530. The minimum atomic E-state index is 0.530. The Hall–Kier alpha value is -0.380. The van der Waals surface area contributed by atoms with E-state index in [-0.39, 0.29) is 0 Å². The van der Waals surface area contributed by atoms with Gasteiger partial charge in [-0.25, -0.2) is 0 Å². The highest BCUT2D eigenvalue weighted by atomic mass is 35.5. The maximum atomic E-state index is 6.13. The molecule has 5 heteroatoms. The van der Waals surface area contributed by atoms with Gasteiger partial charge in [0.1, 0.15) is 0 Å². The molecular weight excluding hydrogens is 263 g/mol. The highest BCUT2D eigenvalue weighted by molar-refractivity contribution is 8.15. The monoisotopic (exact) mass is 274 g/mol. The maximum absolute atomic E-state index is 6.13. The highest BCUT2D eigenvalue weighted by Crippen LogP contribution is 2.31. The van der Waals surface area contributed by atoms with Gasteiger partial charge >= 0.3 is 0 Å². The average Bonchev–Trinajstić information content (AvgIpc) is 2.60. The first kappa shape index (κ1) is 12.1. The molecule has 0 fully saturated rings. The second-order valence-electron chi connectivity index (χ2n) is 3.78. The third-order valence-electron chi connectivity index (χ3n) is 2.29. The standard InChI is InChI=1S/C11H12Cl2N2S/c1-6-3-9(13)10(4-8(6)12)15-11-14-5-7(2)16-11/h3-4,7H,5H2,1-2H3,(H,14,15). The first-order chi connectivity index (χ1) is 7.56. The molecule has 0 bridgehead atoms. The molecule has 2 nitrogen and oxygen atoms in total. The molecule has 0 saturated carbocycles. The van der Waals surface area contributed by atoms with E-state index in [2.05, 4.69) is 17.2 Å². The van der Waals surface area contributed by atoms with Crippen molar-refractivity contribution in [1.29, 1.82) is 0 Å². The van der Waals surface area contributed by atoms with E-state index in [4.69, 9.17) is 23.2 Å². The van der Waals surface area contributed by atoms with Gasteiger partial charge in [-0.2, -0.15) is 0 Å². The average molecular weight is 275 g/mol. The molecule has 0 aromatic heterocycles. The summed E-state index contributed by atoms with van der Waals surface area (Å²) in [6.45, 7) is 4.93. The van der Waals surface area contributed by atoms with Crippen LogP contribution in [-0.4, -0.2) is 17.0 Å². The summed E-state index contributed by atoms with van der Waals surface area (Å²) in [5.41, 5.74) is 1.80. The van der Waals surface area contributed by atoms with Crippen molar-refractivity contribution in [3.05, 3.63) is 27.7 Å². The van der Waals surface area contributed by atoms with Crippen LogP contribution in [0.2, 0.25) is 10.0 Å². The maximum Gasteiger partial charge on any atom is 0.161 e. The van der Waals surface area contributed by atoms with Crippen LogP contribution in [0.15, 0.2) is 17.1 Å². The molecule has 0 radical (unpaired) electrons. The first-order valence-electron chi connectivity index (χ1n) is 5.00. The summed E-state index contributed by atoms with van der Waals surface area (Å²) in [5.74, 6) is 0. The SMILES string of the molecule is Cc1cc(Cl)c(NC2=NCC(C)S2)cc1Cl. The Labute approximate surface area is 109 Å². The molecule has 0 spiro atoms. The van der Waals surface area contributed by atoms with Gasteiger partial charge in [-0.3, -0.25) is 4.99 Å². The molecule has 0 amide bonds. The van der Waals surface area contributed by atoms with Gasteiger partial charge < -0.3 is 5.32 Å². The summed E-state index contributed by atoms with van der Waals surface area (Å²) in [6, 6.07) is 3.70. The van der Waals surface area contributed by atoms with Crippen LogP contribution in [-0.2, 0) is 0 Å². The molecule has 86 valence electrons. The van der Waals surface area contributed by atoms with Crippen LogP contribution in [0.5, 0.6) is 0 Å². The fraction of sp³-hybridized carbons (Fsp3) is 0.364. The van der Waals surface area contributed by atoms with Gasteiger partial charge in [-0.1, -0.05) is 41.9 Å². The molecule has 1 heterocycles. The lowest BCUT2D eigenvalue weighted by molar-refractivity contribution is 0.976. The Bertz CT molecular complexity index is 446. The molecule has 1 aromatic carbocycles. The van der Waals surface area contributed by atoms with Gasteiger partial charge in [0, 0.05) is 10.3 Å². The Kier molecular flexibility index (Phi) is 3.67. The summed E-state index contributed by atoms with van der Waals surface area (Å²) in [7, 11) is 0. The Morgan fingerprint density at radius 2 is 2.12 bits per heavy atom. The van der Waals surface area contributed by atoms with Crippen molar-refractivity contribution in [1.82, 2.24) is 0 Å². The van der Waals surface area contributed by atoms with Gasteiger partial charge in [0.2, 0.25) is 0 Å². The molecule has 1 atom stereocenters. The van der Waals surface area contributed by atoms with E-state index in [0.29, 0.717) is 15.3 Å². The number of hydrogen-bond acceptors (Lipinski definition) is 3. The van der Waals surface area contributed by atoms with Crippen LogP contribution in [0, 0.1) is 6.92 Å². The van der Waals surface area contributed by atoms with Crippen molar-refractivity contribution in [3.63, 3.8) is 0 Å². The number of hydrogen-bond donors (Lipinski definition) is 1. The van der Waals surface area contributed by atoms with Crippen LogP contribution in [0.1, 0.15) is 12.5 Å². The van der Waals surface area contributed by atoms with Crippen molar-refractivity contribution in [2.45, 2.75) is 19.1 Å². The van der Waals surface area contributed by atoms with Gasteiger partial charge in [0.05, 0.1) is 17.3 Å². The molecule has 1 unspecified atom stereocenters. The zero-order valence-corrected chi connectivity index (χ0v) is 11.4. The number of nitrogens with one attached hydrogen (secondary N) is 1. The molecule has 1 aliphatic heterocycles. The molecule has 0 saturated heterocycles. The molecule has 0 aliphatic carbocycles. The van der Waals surface area contributed by atoms with Crippen molar-refractivity contribution < 1.29 is 0 Å². The summed E-state index contributed by atoms with van der Waals surface area (Å²) in [5, 5.41) is 6.03. The Morgan fingerprint density at radius 1 is 1.38 bits per heavy atom. The number of anilines is 1. The number of benzene rings is 1. The van der Waals surface area contributed by atoms with E-state index >= 15 is 0 Å². The second-order valence-corrected chi connectivity index (χ2v) is 6.02. The van der Waals surface area contributed by atoms with Crippen LogP contribution >= 0.6 is 35.0 Å². The number of rotatable bonds is 1. The van der Waals surface area contributed by atoms with Crippen molar-refractivity contribution in [3.8, 4) is 0 Å². The number of amidine groups is 1. The fourth-order valence-electron chi connectivity index (χ4n) is 1.40. The van der Waals surface area contributed by atoms with E-state index < -0.39 is 0 Å². The van der Waals surface area contributed by atoms with Crippen molar-refractivity contribution in [2.75, 3.05) is 11.9 Å². The second kappa shape index (κ2) is 4.86. The van der Waals surface area contributed by atoms with E-state index in [0.717, 1.165) is 23.0 Å². The van der Waals surface area contributed by atoms with Crippen molar-refractivity contribution >= 4 is 45.8 Å². The number of nitrogens with zero attached hydrogens (tertiary/aromatic N) is 1. The third kappa shape index (κ3) is 2.65. The van der Waals surface area contributed by atoms with E-state index in [1.165, 1.54) is 0 Å². The largest absolute Gasteiger partial charge is 0.334 e. The van der Waals surface area contributed by atoms with Gasteiger partial charge in [0.15, 0.2) is 5.17 Å². The minimum Gasteiger partial charge on any atom is -0.334 e. The Morgan fingerprint density at radius 3 is 2.75 bits per heavy atom. The van der Waals surface area contributed by atoms with Gasteiger partial charge in [-0.15, -0.1) is 0 Å². The van der Waals surface area contributed by atoms with Crippen molar-refractivity contribution in [2.24, 2.45) is 4.99 Å². The van der Waals surface area contributed by atoms with E-state index in [1.54, 1.807) is 11.8 Å². The lowest BCUT2D eigenvalue weighted by Gasteiger charge is -2.09. The quantitative estimate of drug-likeness (QED) is 0.830. The first-order valence-corrected chi connectivity index (χ1v) is 6.63. The third-order valence-corrected chi connectivity index (χ3v) is 4.02. The summed E-state index contributed by atoms with van der Waals surface area (Å²) in [4.78, 5) is 4.37. The lowest BCUT2D eigenvalue weighted by atomic mass is 10.2. The summed E-state index contributed by atoms with van der Waals surface area (Å²) in [6.07, 6.45) is 0. The molecule has 1 aliphatic rings. The number of halogens is 2. The summed E-state index contributed by atoms with van der Waals surface area (Å²) < 4.78 is 0. The Balaban J connectivity index is 2.19. The van der Waals surface area contributed by atoms with Gasteiger partial charge in [0.25, 0.3) is 0 Å². The predicted molar refractivity (Wildman–Crippen MR) is 74.2 cm³/mol. The zero-order valence-electron chi connectivity index (χ0n) is 9.05. The normalized spacial score (nSPS) is 19.8. The molecule has 1 aromatic rings. The van der Waals surface area contributed by atoms with Crippen LogP contribution in [0.25, 0.3) is 0 Å². The number of aliphatic imine (C=N–C) groups is 1. The van der Waals surface area contributed by atoms with Crippen LogP contribution in [0.3, 0.4) is 0 Å². The molecule has 2 rings (SSSR count). The van der Waals surface area contributed by atoms with E-state index in [1.807, 2.05) is 19.1 Å².